The van der Waals surface area contributed by atoms with Crippen LogP contribution in [0.1, 0.15) is 44.9 Å². The normalized spacial score (nSPS) is 31.7. The van der Waals surface area contributed by atoms with Crippen LogP contribution in [0.3, 0.4) is 0 Å². The molecule has 0 radical (unpaired) electrons. The number of carbonyl (C=O) groups is 1. The lowest BCUT2D eigenvalue weighted by Crippen LogP contribution is -2.46. The van der Waals surface area contributed by atoms with Gasteiger partial charge in [-0.1, -0.05) is 38.7 Å². The molecule has 0 heterocycles. The van der Waals surface area contributed by atoms with E-state index in [-0.39, 0.29) is 5.91 Å². The van der Waals surface area contributed by atoms with Gasteiger partial charge in [0.1, 0.15) is 0 Å². The van der Waals surface area contributed by atoms with Crippen LogP contribution in [-0.4, -0.2) is 11.9 Å². The zero-order chi connectivity index (χ0) is 10.7. The van der Waals surface area contributed by atoms with E-state index in [1.54, 1.807) is 0 Å². The lowest BCUT2D eigenvalue weighted by atomic mass is 9.67. The third-order valence-electron chi connectivity index (χ3n) is 4.02. The number of nitrogens with one attached hydrogen (secondary N) is 1. The molecular weight excluding hydrogens is 186 g/mol. The molecule has 0 unspecified atom stereocenters. The fraction of sp³-hybridized carbons (Fsp3) is 0.769. The van der Waals surface area contributed by atoms with Gasteiger partial charge in [0, 0.05) is 6.04 Å². The molecular formula is C13H21NO. The van der Waals surface area contributed by atoms with E-state index in [1.165, 1.54) is 51.0 Å². The van der Waals surface area contributed by atoms with Crippen molar-refractivity contribution in [2.45, 2.75) is 51.0 Å². The predicted molar refractivity (Wildman–Crippen MR) is 61.4 cm³/mol. The standard InChI is InChI=1S/C13H21NO/c1-2-13(15)14-12-8-11(9-12)10-6-4-3-5-7-10/h2,10-12H,1,3-9H2,(H,14,15). The summed E-state index contributed by atoms with van der Waals surface area (Å²) in [6.07, 6.45) is 10.9. The number of amides is 1. The molecule has 2 nitrogen and oxygen atoms in total. The highest BCUT2D eigenvalue weighted by molar-refractivity contribution is 5.87. The molecule has 0 spiro atoms. The topological polar surface area (TPSA) is 29.1 Å². The Hall–Kier alpha value is -0.790. The van der Waals surface area contributed by atoms with Crippen LogP contribution < -0.4 is 5.32 Å². The van der Waals surface area contributed by atoms with E-state index in [0.717, 1.165) is 11.8 Å². The molecule has 1 N–H and O–H groups in total. The minimum atomic E-state index is -0.0119. The molecule has 0 aromatic heterocycles. The molecule has 0 saturated heterocycles. The van der Waals surface area contributed by atoms with Crippen molar-refractivity contribution in [2.24, 2.45) is 11.8 Å². The Morgan fingerprint density at radius 3 is 2.40 bits per heavy atom. The van der Waals surface area contributed by atoms with Crippen molar-refractivity contribution in [3.8, 4) is 0 Å². The van der Waals surface area contributed by atoms with Crippen LogP contribution in [0.4, 0.5) is 0 Å². The van der Waals surface area contributed by atoms with E-state index in [1.807, 2.05) is 0 Å². The lowest BCUT2D eigenvalue weighted by molar-refractivity contribution is -0.118. The molecule has 1 amide bonds. The first-order valence-electron chi connectivity index (χ1n) is 6.22. The number of carbonyl (C=O) groups excluding carboxylic acids is 1. The van der Waals surface area contributed by atoms with E-state index in [0.29, 0.717) is 6.04 Å². The summed E-state index contributed by atoms with van der Waals surface area (Å²) < 4.78 is 0. The first-order valence-corrected chi connectivity index (χ1v) is 6.22. The molecule has 2 aliphatic rings. The second kappa shape index (κ2) is 4.82. The Morgan fingerprint density at radius 1 is 1.13 bits per heavy atom. The van der Waals surface area contributed by atoms with Gasteiger partial charge in [0.05, 0.1) is 0 Å². The Bertz CT molecular complexity index is 237. The number of hydrogen-bond donors (Lipinski definition) is 1. The van der Waals surface area contributed by atoms with Crippen LogP contribution in [0.15, 0.2) is 12.7 Å². The average molecular weight is 207 g/mol. The van der Waals surface area contributed by atoms with Crippen molar-refractivity contribution < 1.29 is 4.79 Å². The summed E-state index contributed by atoms with van der Waals surface area (Å²) in [6, 6.07) is 0.433. The Balaban J connectivity index is 1.68. The van der Waals surface area contributed by atoms with Crippen molar-refractivity contribution >= 4 is 5.91 Å². The number of rotatable bonds is 3. The molecule has 2 heteroatoms. The highest BCUT2D eigenvalue weighted by Gasteiger charge is 2.35. The van der Waals surface area contributed by atoms with Gasteiger partial charge in [-0.3, -0.25) is 4.79 Å². The second-order valence-electron chi connectivity index (χ2n) is 5.04. The average Bonchev–Trinajstić information content (AvgIpc) is 2.23. The SMILES string of the molecule is C=CC(=O)NC1CC(C2CCCCC2)C1. The molecule has 0 aromatic rings. The van der Waals surface area contributed by atoms with Crippen molar-refractivity contribution in [2.75, 3.05) is 0 Å². The minimum Gasteiger partial charge on any atom is -0.350 e. The monoisotopic (exact) mass is 207 g/mol. The van der Waals surface area contributed by atoms with Crippen LogP contribution >= 0.6 is 0 Å². The lowest BCUT2D eigenvalue weighted by Gasteiger charge is -2.42. The van der Waals surface area contributed by atoms with Gasteiger partial charge in [0.2, 0.25) is 5.91 Å². The van der Waals surface area contributed by atoms with Crippen LogP contribution in [0.5, 0.6) is 0 Å². The van der Waals surface area contributed by atoms with Gasteiger partial charge in [-0.25, -0.2) is 0 Å². The summed E-state index contributed by atoms with van der Waals surface area (Å²) in [7, 11) is 0. The van der Waals surface area contributed by atoms with Crippen molar-refractivity contribution in [1.29, 1.82) is 0 Å². The fourth-order valence-corrected chi connectivity index (χ4v) is 3.03. The van der Waals surface area contributed by atoms with Gasteiger partial charge in [0.15, 0.2) is 0 Å². The van der Waals surface area contributed by atoms with Crippen molar-refractivity contribution in [3.05, 3.63) is 12.7 Å². The smallest absolute Gasteiger partial charge is 0.243 e. The third-order valence-corrected chi connectivity index (χ3v) is 4.02. The highest BCUT2D eigenvalue weighted by Crippen LogP contribution is 2.41. The zero-order valence-electron chi connectivity index (χ0n) is 9.37. The first-order chi connectivity index (χ1) is 7.29. The van der Waals surface area contributed by atoms with Gasteiger partial charge >= 0.3 is 0 Å². The van der Waals surface area contributed by atoms with Crippen LogP contribution in [0, 0.1) is 11.8 Å². The Labute approximate surface area is 92.1 Å². The van der Waals surface area contributed by atoms with Gasteiger partial charge in [-0.2, -0.15) is 0 Å². The molecule has 0 bridgehead atoms. The molecule has 2 rings (SSSR count). The van der Waals surface area contributed by atoms with Crippen LogP contribution in [0.25, 0.3) is 0 Å². The summed E-state index contributed by atoms with van der Waals surface area (Å²) in [5, 5.41) is 2.98. The van der Waals surface area contributed by atoms with Crippen molar-refractivity contribution in [1.82, 2.24) is 5.32 Å². The maximum atomic E-state index is 11.1. The Morgan fingerprint density at radius 2 is 1.80 bits per heavy atom. The first kappa shape index (κ1) is 10.7. The van der Waals surface area contributed by atoms with E-state index < -0.39 is 0 Å². The number of hydrogen-bond acceptors (Lipinski definition) is 1. The van der Waals surface area contributed by atoms with Gasteiger partial charge in [-0.05, 0) is 30.8 Å². The van der Waals surface area contributed by atoms with Gasteiger partial charge in [-0.15, -0.1) is 0 Å². The molecule has 2 aliphatic carbocycles. The molecule has 2 fully saturated rings. The molecule has 0 atom stereocenters. The van der Waals surface area contributed by atoms with Crippen LogP contribution in [0.2, 0.25) is 0 Å². The fourth-order valence-electron chi connectivity index (χ4n) is 3.03. The molecule has 0 aliphatic heterocycles. The third kappa shape index (κ3) is 2.61. The van der Waals surface area contributed by atoms with E-state index in [4.69, 9.17) is 0 Å². The van der Waals surface area contributed by atoms with E-state index in [2.05, 4.69) is 11.9 Å². The largest absolute Gasteiger partial charge is 0.350 e. The van der Waals surface area contributed by atoms with E-state index >= 15 is 0 Å². The molecule has 2 saturated carbocycles. The summed E-state index contributed by atoms with van der Waals surface area (Å²) in [5.74, 6) is 1.83. The zero-order valence-corrected chi connectivity index (χ0v) is 9.37. The maximum absolute atomic E-state index is 11.1. The summed E-state index contributed by atoms with van der Waals surface area (Å²) in [4.78, 5) is 11.1. The Kier molecular flexibility index (Phi) is 3.45. The second-order valence-corrected chi connectivity index (χ2v) is 5.04. The highest BCUT2D eigenvalue weighted by atomic mass is 16.1. The quantitative estimate of drug-likeness (QED) is 0.708. The maximum Gasteiger partial charge on any atom is 0.243 e. The van der Waals surface area contributed by atoms with Crippen molar-refractivity contribution in [3.63, 3.8) is 0 Å². The van der Waals surface area contributed by atoms with Gasteiger partial charge < -0.3 is 5.32 Å². The molecule has 15 heavy (non-hydrogen) atoms. The summed E-state index contributed by atoms with van der Waals surface area (Å²) in [6.45, 7) is 3.47. The molecule has 0 aromatic carbocycles. The van der Waals surface area contributed by atoms with Gasteiger partial charge in [0.25, 0.3) is 0 Å². The predicted octanol–water partition coefficient (Wildman–Crippen LogP) is 2.65. The van der Waals surface area contributed by atoms with E-state index in [9.17, 15) is 4.79 Å². The molecule has 84 valence electrons. The summed E-state index contributed by atoms with van der Waals surface area (Å²) >= 11 is 0. The summed E-state index contributed by atoms with van der Waals surface area (Å²) in [5.41, 5.74) is 0. The minimum absolute atomic E-state index is 0.0119. The van der Waals surface area contributed by atoms with Crippen LogP contribution in [-0.2, 0) is 4.79 Å².